The number of hydrogen-bond donors (Lipinski definition) is 1. The molecule has 2 aromatic rings. The molecule has 2 heterocycles. The first-order valence-electron chi connectivity index (χ1n) is 4.42. The number of hydrogen-bond acceptors (Lipinski definition) is 3. The first kappa shape index (κ1) is 8.72. The van der Waals surface area contributed by atoms with Crippen LogP contribution in [0.1, 0.15) is 23.2 Å². The lowest BCUT2D eigenvalue weighted by atomic mass is 10.3. The monoisotopic (exact) mass is 195 g/mol. The summed E-state index contributed by atoms with van der Waals surface area (Å²) in [7, 11) is 0. The van der Waals surface area contributed by atoms with Crippen molar-refractivity contribution in [3.05, 3.63) is 22.5 Å². The Kier molecular flexibility index (Phi) is 2.09. The van der Waals surface area contributed by atoms with Gasteiger partial charge in [0, 0.05) is 17.1 Å². The molecule has 0 saturated carbocycles. The van der Waals surface area contributed by atoms with Crippen LogP contribution < -0.4 is 5.73 Å². The summed E-state index contributed by atoms with van der Waals surface area (Å²) in [5, 5.41) is 0. The Morgan fingerprint density at radius 3 is 3.00 bits per heavy atom. The predicted molar refractivity (Wildman–Crippen MR) is 55.1 cm³/mol. The molecule has 3 nitrogen and oxygen atoms in total. The van der Waals surface area contributed by atoms with Crippen LogP contribution in [0, 0.1) is 6.92 Å². The maximum atomic E-state index is 5.64. The van der Waals surface area contributed by atoms with Gasteiger partial charge >= 0.3 is 0 Å². The van der Waals surface area contributed by atoms with Crippen LogP contribution in [-0.2, 0) is 13.0 Å². The third-order valence-electron chi connectivity index (χ3n) is 2.27. The highest BCUT2D eigenvalue weighted by atomic mass is 32.1. The van der Waals surface area contributed by atoms with E-state index in [4.69, 9.17) is 5.73 Å². The van der Waals surface area contributed by atoms with Crippen LogP contribution >= 0.6 is 11.3 Å². The van der Waals surface area contributed by atoms with Gasteiger partial charge in [-0.1, -0.05) is 6.92 Å². The van der Waals surface area contributed by atoms with Gasteiger partial charge in [0.25, 0.3) is 0 Å². The zero-order chi connectivity index (χ0) is 9.42. The molecule has 0 aliphatic carbocycles. The van der Waals surface area contributed by atoms with Crippen molar-refractivity contribution < 1.29 is 0 Å². The summed E-state index contributed by atoms with van der Waals surface area (Å²) in [4.78, 5) is 6.73. The first-order chi connectivity index (χ1) is 6.27. The third-order valence-corrected chi connectivity index (χ3v) is 3.28. The largest absolute Gasteiger partial charge is 0.325 e. The Labute approximate surface area is 81.2 Å². The highest BCUT2D eigenvalue weighted by Gasteiger charge is 2.10. The van der Waals surface area contributed by atoms with Crippen molar-refractivity contribution in [1.82, 2.24) is 9.38 Å². The minimum Gasteiger partial charge on any atom is -0.325 e. The maximum absolute atomic E-state index is 5.64. The zero-order valence-corrected chi connectivity index (χ0v) is 8.69. The number of thiazole rings is 1. The number of fused-ring (bicyclic) bond motifs is 1. The van der Waals surface area contributed by atoms with Crippen molar-refractivity contribution in [3.63, 3.8) is 0 Å². The van der Waals surface area contributed by atoms with Crippen LogP contribution in [0.15, 0.2) is 6.20 Å². The highest BCUT2D eigenvalue weighted by Crippen LogP contribution is 2.23. The van der Waals surface area contributed by atoms with Gasteiger partial charge in [0.1, 0.15) is 0 Å². The maximum Gasteiger partial charge on any atom is 0.194 e. The van der Waals surface area contributed by atoms with Crippen molar-refractivity contribution in [2.75, 3.05) is 0 Å². The Morgan fingerprint density at radius 2 is 2.38 bits per heavy atom. The minimum absolute atomic E-state index is 0.560. The second-order valence-corrected chi connectivity index (χ2v) is 4.21. The lowest BCUT2D eigenvalue weighted by Gasteiger charge is -1.99. The van der Waals surface area contributed by atoms with Gasteiger partial charge in [-0.05, 0) is 13.3 Å². The van der Waals surface area contributed by atoms with Crippen LogP contribution in [-0.4, -0.2) is 9.38 Å². The molecule has 70 valence electrons. The lowest BCUT2D eigenvalue weighted by Crippen LogP contribution is -2.02. The fourth-order valence-electron chi connectivity index (χ4n) is 1.63. The van der Waals surface area contributed by atoms with Crippen molar-refractivity contribution in [3.8, 4) is 0 Å². The van der Waals surface area contributed by atoms with E-state index in [1.807, 2.05) is 6.20 Å². The Balaban J connectivity index is 2.76. The van der Waals surface area contributed by atoms with E-state index < -0.39 is 0 Å². The fourth-order valence-corrected chi connectivity index (χ4v) is 2.68. The van der Waals surface area contributed by atoms with Gasteiger partial charge in [-0.2, -0.15) is 0 Å². The van der Waals surface area contributed by atoms with E-state index in [2.05, 4.69) is 23.2 Å². The molecular weight excluding hydrogens is 182 g/mol. The molecule has 0 saturated heterocycles. The average Bonchev–Trinajstić information content (AvgIpc) is 2.62. The minimum atomic E-state index is 0.560. The lowest BCUT2D eigenvalue weighted by molar-refractivity contribution is 0.900. The normalized spacial score (nSPS) is 11.3. The molecule has 0 unspecified atom stereocenters. The molecule has 0 atom stereocenters. The Hall–Kier alpha value is -0.870. The van der Waals surface area contributed by atoms with Gasteiger partial charge in [0.15, 0.2) is 4.96 Å². The van der Waals surface area contributed by atoms with Gasteiger partial charge in [-0.15, -0.1) is 11.3 Å². The standard InChI is InChI=1S/C9H13N3S/c1-3-8-6(2)13-9-11-5-7(4-10)12(8)9/h5H,3-4,10H2,1-2H3. The molecule has 0 aliphatic heterocycles. The number of rotatable bonds is 2. The second-order valence-electron chi connectivity index (χ2n) is 3.03. The number of nitrogens with zero attached hydrogens (tertiary/aromatic N) is 2. The van der Waals surface area contributed by atoms with E-state index in [0.717, 1.165) is 17.1 Å². The van der Waals surface area contributed by atoms with Crippen molar-refractivity contribution >= 4 is 16.3 Å². The van der Waals surface area contributed by atoms with Crippen molar-refractivity contribution in [1.29, 1.82) is 0 Å². The summed E-state index contributed by atoms with van der Waals surface area (Å²) in [6.45, 7) is 4.86. The van der Waals surface area contributed by atoms with E-state index in [0.29, 0.717) is 6.54 Å². The molecule has 13 heavy (non-hydrogen) atoms. The summed E-state index contributed by atoms with van der Waals surface area (Å²) in [6, 6.07) is 0. The number of nitrogens with two attached hydrogens (primary N) is 1. The average molecular weight is 195 g/mol. The van der Waals surface area contributed by atoms with Crippen LogP contribution in [0.5, 0.6) is 0 Å². The molecule has 0 fully saturated rings. The van der Waals surface area contributed by atoms with Gasteiger partial charge in [0.2, 0.25) is 0 Å². The van der Waals surface area contributed by atoms with Crippen LogP contribution in [0.2, 0.25) is 0 Å². The molecule has 0 aliphatic rings. The smallest absolute Gasteiger partial charge is 0.194 e. The molecular formula is C9H13N3S. The SMILES string of the molecule is CCc1c(C)sc2ncc(CN)n12. The molecule has 4 heteroatoms. The number of aromatic nitrogens is 2. The Bertz CT molecular complexity index is 427. The fraction of sp³-hybridized carbons (Fsp3) is 0.444. The van der Waals surface area contributed by atoms with Gasteiger partial charge in [-0.3, -0.25) is 4.40 Å². The van der Waals surface area contributed by atoms with E-state index in [1.54, 1.807) is 11.3 Å². The van der Waals surface area contributed by atoms with Crippen LogP contribution in [0.3, 0.4) is 0 Å². The van der Waals surface area contributed by atoms with Crippen LogP contribution in [0.4, 0.5) is 0 Å². The zero-order valence-electron chi connectivity index (χ0n) is 7.87. The third kappa shape index (κ3) is 1.17. The summed E-state index contributed by atoms with van der Waals surface area (Å²) < 4.78 is 2.18. The van der Waals surface area contributed by atoms with Crippen molar-refractivity contribution in [2.24, 2.45) is 5.73 Å². The molecule has 0 spiro atoms. The van der Waals surface area contributed by atoms with Gasteiger partial charge in [0.05, 0.1) is 11.9 Å². The topological polar surface area (TPSA) is 43.3 Å². The molecule has 0 bridgehead atoms. The molecule has 0 radical (unpaired) electrons. The first-order valence-corrected chi connectivity index (χ1v) is 5.24. The molecule has 0 aromatic carbocycles. The summed E-state index contributed by atoms with van der Waals surface area (Å²) in [5.41, 5.74) is 8.09. The predicted octanol–water partition coefficient (Wildman–Crippen LogP) is 1.73. The van der Waals surface area contributed by atoms with E-state index in [9.17, 15) is 0 Å². The molecule has 2 aromatic heterocycles. The second kappa shape index (κ2) is 3.12. The Morgan fingerprint density at radius 1 is 1.62 bits per heavy atom. The van der Waals surface area contributed by atoms with E-state index >= 15 is 0 Å². The van der Waals surface area contributed by atoms with E-state index in [-0.39, 0.29) is 0 Å². The van der Waals surface area contributed by atoms with Crippen LogP contribution in [0.25, 0.3) is 4.96 Å². The molecule has 2 rings (SSSR count). The highest BCUT2D eigenvalue weighted by molar-refractivity contribution is 7.17. The quantitative estimate of drug-likeness (QED) is 0.793. The number of aryl methyl sites for hydroxylation is 2. The molecule has 0 amide bonds. The number of imidazole rings is 1. The summed E-state index contributed by atoms with van der Waals surface area (Å²) in [6.07, 6.45) is 2.90. The van der Waals surface area contributed by atoms with Gasteiger partial charge < -0.3 is 5.73 Å². The van der Waals surface area contributed by atoms with E-state index in [1.165, 1.54) is 10.6 Å². The van der Waals surface area contributed by atoms with Crippen molar-refractivity contribution in [2.45, 2.75) is 26.8 Å². The van der Waals surface area contributed by atoms with Gasteiger partial charge in [-0.25, -0.2) is 4.98 Å². The molecule has 2 N–H and O–H groups in total. The summed E-state index contributed by atoms with van der Waals surface area (Å²) in [5.74, 6) is 0. The summed E-state index contributed by atoms with van der Waals surface area (Å²) >= 11 is 1.74.